The summed E-state index contributed by atoms with van der Waals surface area (Å²) in [6, 6.07) is 16.4. The molecule has 162 valence electrons. The number of benzene rings is 2. The fourth-order valence-electron chi connectivity index (χ4n) is 3.73. The zero-order valence-electron chi connectivity index (χ0n) is 18.5. The number of aromatic nitrogens is 6. The van der Waals surface area contributed by atoms with Crippen LogP contribution in [-0.4, -0.2) is 29.8 Å². The Balaban J connectivity index is 1.65. The molecule has 0 radical (unpaired) electrons. The van der Waals surface area contributed by atoms with Gasteiger partial charge in [-0.05, 0) is 42.2 Å². The van der Waals surface area contributed by atoms with Crippen LogP contribution in [0.4, 0.5) is 0 Å². The predicted molar refractivity (Wildman–Crippen MR) is 125 cm³/mol. The van der Waals surface area contributed by atoms with E-state index in [4.69, 9.17) is 0 Å². The van der Waals surface area contributed by atoms with Crippen LogP contribution in [0.1, 0.15) is 44.5 Å². The SMILES string of the molecule is CC#CCc1cn(C(C)CC)c(=O)n1Cc1ccc(-c2ccccc2-c2nn[nH]n2)cc1. The number of H-pyrrole nitrogens is 1. The van der Waals surface area contributed by atoms with E-state index >= 15 is 0 Å². The molecule has 0 saturated carbocycles. The minimum atomic E-state index is 0.0128. The van der Waals surface area contributed by atoms with Crippen LogP contribution in [0.3, 0.4) is 0 Å². The molecule has 2 aromatic heterocycles. The Kier molecular flexibility index (Phi) is 6.31. The average molecular weight is 427 g/mol. The molecule has 7 nitrogen and oxygen atoms in total. The summed E-state index contributed by atoms with van der Waals surface area (Å²) < 4.78 is 3.65. The monoisotopic (exact) mass is 426 g/mol. The van der Waals surface area contributed by atoms with Crippen molar-refractivity contribution in [2.45, 2.75) is 46.2 Å². The molecule has 1 N–H and O–H groups in total. The summed E-state index contributed by atoms with van der Waals surface area (Å²) in [5, 5.41) is 14.4. The van der Waals surface area contributed by atoms with Crippen molar-refractivity contribution in [2.24, 2.45) is 0 Å². The van der Waals surface area contributed by atoms with Gasteiger partial charge in [-0.15, -0.1) is 16.1 Å². The first-order valence-corrected chi connectivity index (χ1v) is 10.7. The van der Waals surface area contributed by atoms with E-state index in [1.165, 1.54) is 0 Å². The van der Waals surface area contributed by atoms with E-state index in [2.05, 4.69) is 70.6 Å². The first-order chi connectivity index (χ1) is 15.6. The highest BCUT2D eigenvalue weighted by Crippen LogP contribution is 2.29. The molecule has 0 saturated heterocycles. The molecule has 0 aliphatic carbocycles. The summed E-state index contributed by atoms with van der Waals surface area (Å²) in [4.78, 5) is 13.1. The third-order valence-corrected chi connectivity index (χ3v) is 5.72. The smallest absolute Gasteiger partial charge is 0.296 e. The van der Waals surface area contributed by atoms with Gasteiger partial charge in [-0.1, -0.05) is 61.4 Å². The molecule has 0 spiro atoms. The molecule has 2 heterocycles. The number of rotatable bonds is 7. The first kappa shape index (κ1) is 21.3. The molecule has 32 heavy (non-hydrogen) atoms. The van der Waals surface area contributed by atoms with Gasteiger partial charge in [0.25, 0.3) is 0 Å². The van der Waals surface area contributed by atoms with E-state index in [0.717, 1.165) is 34.4 Å². The molecule has 0 aliphatic rings. The van der Waals surface area contributed by atoms with Crippen LogP contribution in [0.5, 0.6) is 0 Å². The fraction of sp³-hybridized carbons (Fsp3) is 0.280. The van der Waals surface area contributed by atoms with E-state index in [0.29, 0.717) is 18.8 Å². The van der Waals surface area contributed by atoms with Crippen molar-refractivity contribution in [3.05, 3.63) is 76.5 Å². The first-order valence-electron chi connectivity index (χ1n) is 10.7. The van der Waals surface area contributed by atoms with Crippen LogP contribution < -0.4 is 5.69 Å². The topological polar surface area (TPSA) is 81.4 Å². The molecule has 1 unspecified atom stereocenters. The average Bonchev–Trinajstić information content (AvgIpc) is 3.47. The molecule has 2 aromatic carbocycles. The number of imidazole rings is 1. The van der Waals surface area contributed by atoms with Gasteiger partial charge >= 0.3 is 5.69 Å². The number of nitrogens with zero attached hydrogens (tertiary/aromatic N) is 5. The van der Waals surface area contributed by atoms with Crippen LogP contribution in [0.15, 0.2) is 59.5 Å². The van der Waals surface area contributed by atoms with Crippen molar-refractivity contribution in [1.82, 2.24) is 29.8 Å². The quantitative estimate of drug-likeness (QED) is 0.452. The normalized spacial score (nSPS) is 11.7. The van der Waals surface area contributed by atoms with Crippen molar-refractivity contribution >= 4 is 0 Å². The van der Waals surface area contributed by atoms with Crippen LogP contribution in [0, 0.1) is 11.8 Å². The molecular formula is C25H26N6O. The Morgan fingerprint density at radius 2 is 1.84 bits per heavy atom. The second-order valence-electron chi connectivity index (χ2n) is 7.74. The second-order valence-corrected chi connectivity index (χ2v) is 7.74. The lowest BCUT2D eigenvalue weighted by Crippen LogP contribution is -2.27. The standard InChI is InChI=1S/C25H26N6O/c1-4-6-9-21-17-30(18(3)5-2)25(32)31(21)16-19-12-14-20(15-13-19)22-10-7-8-11-23(22)24-26-28-29-27-24/h7-8,10-15,17-18H,5,9,16H2,1-3H3,(H,26,27,28,29). The Bertz CT molecular complexity index is 1300. The number of nitrogens with one attached hydrogen (secondary N) is 1. The Morgan fingerprint density at radius 1 is 1.09 bits per heavy atom. The molecule has 4 rings (SSSR count). The minimum Gasteiger partial charge on any atom is -0.296 e. The zero-order chi connectivity index (χ0) is 22.5. The second kappa shape index (κ2) is 9.48. The largest absolute Gasteiger partial charge is 0.328 e. The highest BCUT2D eigenvalue weighted by molar-refractivity contribution is 5.80. The highest BCUT2D eigenvalue weighted by Gasteiger charge is 2.15. The maximum atomic E-state index is 13.1. The number of aromatic amines is 1. The van der Waals surface area contributed by atoms with Gasteiger partial charge in [-0.2, -0.15) is 5.21 Å². The third-order valence-electron chi connectivity index (χ3n) is 5.72. The van der Waals surface area contributed by atoms with Crippen LogP contribution in [0.2, 0.25) is 0 Å². The van der Waals surface area contributed by atoms with Gasteiger partial charge in [0.15, 0.2) is 0 Å². The fourth-order valence-corrected chi connectivity index (χ4v) is 3.73. The molecule has 4 aromatic rings. The minimum absolute atomic E-state index is 0.0128. The van der Waals surface area contributed by atoms with Crippen molar-refractivity contribution in [3.63, 3.8) is 0 Å². The summed E-state index contributed by atoms with van der Waals surface area (Å²) >= 11 is 0. The summed E-state index contributed by atoms with van der Waals surface area (Å²) in [5.74, 6) is 6.59. The molecule has 0 amide bonds. The van der Waals surface area contributed by atoms with Crippen molar-refractivity contribution in [3.8, 4) is 34.4 Å². The Hall–Kier alpha value is -3.92. The maximum absolute atomic E-state index is 13.1. The van der Waals surface area contributed by atoms with E-state index in [1.807, 2.05) is 46.5 Å². The number of hydrogen-bond donors (Lipinski definition) is 1. The van der Waals surface area contributed by atoms with Crippen molar-refractivity contribution < 1.29 is 0 Å². The summed E-state index contributed by atoms with van der Waals surface area (Å²) in [5.41, 5.74) is 5.00. The molecule has 0 fully saturated rings. The van der Waals surface area contributed by atoms with Crippen LogP contribution in [-0.2, 0) is 13.0 Å². The van der Waals surface area contributed by atoms with Gasteiger partial charge in [0.05, 0.1) is 18.7 Å². The van der Waals surface area contributed by atoms with E-state index in [1.54, 1.807) is 0 Å². The van der Waals surface area contributed by atoms with Crippen LogP contribution in [0.25, 0.3) is 22.5 Å². The van der Waals surface area contributed by atoms with Crippen molar-refractivity contribution in [2.75, 3.05) is 0 Å². The molecule has 0 aliphatic heterocycles. The van der Waals surface area contributed by atoms with Crippen LogP contribution >= 0.6 is 0 Å². The maximum Gasteiger partial charge on any atom is 0.328 e. The molecular weight excluding hydrogens is 400 g/mol. The van der Waals surface area contributed by atoms with Crippen molar-refractivity contribution in [1.29, 1.82) is 0 Å². The summed E-state index contributed by atoms with van der Waals surface area (Å²) in [6.07, 6.45) is 3.42. The summed E-state index contributed by atoms with van der Waals surface area (Å²) in [7, 11) is 0. The lowest BCUT2D eigenvalue weighted by Gasteiger charge is -2.10. The van der Waals surface area contributed by atoms with Gasteiger partial charge < -0.3 is 0 Å². The molecule has 0 bridgehead atoms. The number of tetrazole rings is 1. The van der Waals surface area contributed by atoms with E-state index in [9.17, 15) is 4.79 Å². The molecule has 7 heteroatoms. The van der Waals surface area contributed by atoms with Gasteiger partial charge in [-0.3, -0.25) is 9.13 Å². The lowest BCUT2D eigenvalue weighted by molar-refractivity contribution is 0.504. The van der Waals surface area contributed by atoms with Gasteiger partial charge in [0.2, 0.25) is 5.82 Å². The zero-order valence-corrected chi connectivity index (χ0v) is 18.5. The number of hydrogen-bond acceptors (Lipinski definition) is 4. The van der Waals surface area contributed by atoms with E-state index < -0.39 is 0 Å². The predicted octanol–water partition coefficient (Wildman–Crippen LogP) is 4.08. The summed E-state index contributed by atoms with van der Waals surface area (Å²) in [6.45, 7) is 6.48. The highest BCUT2D eigenvalue weighted by atomic mass is 16.1. The lowest BCUT2D eigenvalue weighted by atomic mass is 9.98. The Labute approximate surface area is 187 Å². The van der Waals surface area contributed by atoms with Gasteiger partial charge in [0.1, 0.15) is 0 Å². The van der Waals surface area contributed by atoms with E-state index in [-0.39, 0.29) is 11.7 Å². The third kappa shape index (κ3) is 4.26. The van der Waals surface area contributed by atoms with Gasteiger partial charge in [0, 0.05) is 17.8 Å². The van der Waals surface area contributed by atoms with Gasteiger partial charge in [-0.25, -0.2) is 4.79 Å². The Morgan fingerprint density at radius 3 is 2.50 bits per heavy atom. The molecule has 1 atom stereocenters.